The van der Waals surface area contributed by atoms with Gasteiger partial charge in [-0.2, -0.15) is 0 Å². The zero-order valence-corrected chi connectivity index (χ0v) is 17.8. The van der Waals surface area contributed by atoms with Gasteiger partial charge in [0.2, 0.25) is 0 Å². The molecule has 0 aliphatic carbocycles. The molecule has 0 aliphatic rings. The van der Waals surface area contributed by atoms with E-state index in [0.29, 0.717) is 21.9 Å². The van der Waals surface area contributed by atoms with Crippen molar-refractivity contribution in [2.75, 3.05) is 0 Å². The maximum atomic E-state index is 15.0. The number of fused-ring (bicyclic) bond motifs is 1. The number of benzene rings is 4. The lowest BCUT2D eigenvalue weighted by Crippen LogP contribution is -2.16. The van der Waals surface area contributed by atoms with Crippen molar-refractivity contribution >= 4 is 10.8 Å². The summed E-state index contributed by atoms with van der Waals surface area (Å²) in [7, 11) is 0. The molecule has 4 aromatic carbocycles. The van der Waals surface area contributed by atoms with Crippen molar-refractivity contribution in [3.63, 3.8) is 0 Å². The van der Waals surface area contributed by atoms with Gasteiger partial charge in [-0.1, -0.05) is 55.8 Å². The molecule has 0 bridgehead atoms. The first-order valence-corrected chi connectivity index (χ1v) is 10.6. The molecule has 4 aromatic rings. The molecular weight excluding hydrogens is 435 g/mol. The Labute approximate surface area is 188 Å². The molecule has 0 N–H and O–H groups in total. The van der Waals surface area contributed by atoms with E-state index in [1.165, 1.54) is 54.1 Å². The normalized spacial score (nSPS) is 11.7. The zero-order chi connectivity index (χ0) is 23.6. The predicted molar refractivity (Wildman–Crippen MR) is 120 cm³/mol. The summed E-state index contributed by atoms with van der Waals surface area (Å²) in [6.07, 6.45) is -1.65. The van der Waals surface area contributed by atoms with Gasteiger partial charge in [-0.3, -0.25) is 0 Å². The van der Waals surface area contributed by atoms with Gasteiger partial charge in [0.25, 0.3) is 0 Å². The third-order valence-corrected chi connectivity index (χ3v) is 5.48. The van der Waals surface area contributed by atoms with Gasteiger partial charge in [0.05, 0.1) is 5.56 Å². The molecular formula is C27H21F5O. The monoisotopic (exact) mass is 456 g/mol. The molecule has 0 saturated carbocycles. The molecule has 4 rings (SSSR count). The van der Waals surface area contributed by atoms with E-state index in [0.717, 1.165) is 24.8 Å². The molecule has 0 aromatic heterocycles. The lowest BCUT2D eigenvalue weighted by Gasteiger charge is -2.12. The molecule has 170 valence electrons. The van der Waals surface area contributed by atoms with Crippen LogP contribution in [0, 0.1) is 11.6 Å². The van der Waals surface area contributed by atoms with Crippen molar-refractivity contribution in [2.24, 2.45) is 0 Å². The van der Waals surface area contributed by atoms with Crippen molar-refractivity contribution in [2.45, 2.75) is 32.5 Å². The van der Waals surface area contributed by atoms with Gasteiger partial charge in [0, 0.05) is 0 Å². The molecule has 0 saturated heterocycles. The summed E-state index contributed by atoms with van der Waals surface area (Å²) in [6, 6.07) is 18.6. The van der Waals surface area contributed by atoms with E-state index in [4.69, 9.17) is 0 Å². The summed E-state index contributed by atoms with van der Waals surface area (Å²) in [5.41, 5.74) is 2.44. The van der Waals surface area contributed by atoms with Gasteiger partial charge in [-0.05, 0) is 76.2 Å². The van der Waals surface area contributed by atoms with E-state index in [9.17, 15) is 22.0 Å². The van der Waals surface area contributed by atoms with Crippen LogP contribution >= 0.6 is 0 Å². The van der Waals surface area contributed by atoms with E-state index >= 15 is 0 Å². The fourth-order valence-corrected chi connectivity index (χ4v) is 3.84. The minimum atomic E-state index is -4.79. The van der Waals surface area contributed by atoms with Crippen LogP contribution in [0.4, 0.5) is 22.0 Å². The SMILES string of the molecule is CCCCc1ccc(-c2cc(F)c(-c3ccc4cc(OC(F)(F)F)ccc4c3)c(F)c2)cc1. The number of hydrogen-bond acceptors (Lipinski definition) is 1. The number of halogens is 5. The Bertz CT molecular complexity index is 1250. The highest BCUT2D eigenvalue weighted by atomic mass is 19.4. The van der Waals surface area contributed by atoms with Gasteiger partial charge in [0.15, 0.2) is 0 Å². The van der Waals surface area contributed by atoms with Gasteiger partial charge >= 0.3 is 6.36 Å². The van der Waals surface area contributed by atoms with Crippen LogP contribution in [0.3, 0.4) is 0 Å². The lowest BCUT2D eigenvalue weighted by atomic mass is 9.96. The first kappa shape index (κ1) is 22.8. The average Bonchev–Trinajstić information content (AvgIpc) is 2.76. The Morgan fingerprint density at radius 1 is 0.697 bits per heavy atom. The minimum Gasteiger partial charge on any atom is -0.406 e. The van der Waals surface area contributed by atoms with E-state index < -0.39 is 18.0 Å². The largest absolute Gasteiger partial charge is 0.573 e. The van der Waals surface area contributed by atoms with Crippen molar-refractivity contribution in [3.05, 3.63) is 90.0 Å². The summed E-state index contributed by atoms with van der Waals surface area (Å²) in [5.74, 6) is -1.78. The Kier molecular flexibility index (Phi) is 6.36. The number of unbranched alkanes of at least 4 members (excludes halogenated alkanes) is 1. The molecule has 33 heavy (non-hydrogen) atoms. The molecule has 0 aliphatic heterocycles. The van der Waals surface area contributed by atoms with Crippen LogP contribution in [0.2, 0.25) is 0 Å². The standard InChI is InChI=1S/C27H21F5O/c1-2-3-4-17-5-7-18(8-6-17)22-15-24(28)26(25(29)16-22)21-10-9-20-14-23(33-27(30,31)32)12-11-19(20)13-21/h5-16H,2-4H2,1H3. The topological polar surface area (TPSA) is 9.23 Å². The quantitative estimate of drug-likeness (QED) is 0.264. The summed E-state index contributed by atoms with van der Waals surface area (Å²) in [5, 5.41) is 0.994. The van der Waals surface area contributed by atoms with Crippen molar-refractivity contribution < 1.29 is 26.7 Å². The molecule has 0 heterocycles. The smallest absolute Gasteiger partial charge is 0.406 e. The van der Waals surface area contributed by atoms with Crippen LogP contribution in [-0.2, 0) is 6.42 Å². The molecule has 1 nitrogen and oxygen atoms in total. The molecule has 0 unspecified atom stereocenters. The number of aryl methyl sites for hydroxylation is 1. The molecule has 0 fully saturated rings. The fraction of sp³-hybridized carbons (Fsp3) is 0.185. The van der Waals surface area contributed by atoms with E-state index in [1.54, 1.807) is 0 Å². The Morgan fingerprint density at radius 3 is 1.94 bits per heavy atom. The van der Waals surface area contributed by atoms with Gasteiger partial charge in [-0.25, -0.2) is 8.78 Å². The number of ether oxygens (including phenoxy) is 1. The number of hydrogen-bond donors (Lipinski definition) is 0. The maximum absolute atomic E-state index is 15.0. The molecule has 0 radical (unpaired) electrons. The number of alkyl halides is 3. The minimum absolute atomic E-state index is 0.184. The van der Waals surface area contributed by atoms with Crippen LogP contribution in [0.25, 0.3) is 33.0 Å². The second-order valence-corrected chi connectivity index (χ2v) is 7.89. The summed E-state index contributed by atoms with van der Waals surface area (Å²) in [4.78, 5) is 0. The van der Waals surface area contributed by atoms with Crippen LogP contribution in [-0.4, -0.2) is 6.36 Å². The van der Waals surface area contributed by atoms with E-state index in [2.05, 4.69) is 11.7 Å². The molecule has 0 atom stereocenters. The highest BCUT2D eigenvalue weighted by Crippen LogP contribution is 2.34. The summed E-state index contributed by atoms with van der Waals surface area (Å²) in [6.45, 7) is 2.12. The third kappa shape index (κ3) is 5.33. The van der Waals surface area contributed by atoms with E-state index in [1.807, 2.05) is 24.3 Å². The third-order valence-electron chi connectivity index (χ3n) is 5.48. The van der Waals surface area contributed by atoms with Crippen LogP contribution in [0.15, 0.2) is 72.8 Å². The van der Waals surface area contributed by atoms with Crippen molar-refractivity contribution in [1.29, 1.82) is 0 Å². The second kappa shape index (κ2) is 9.22. The Morgan fingerprint density at radius 2 is 1.30 bits per heavy atom. The Hall–Kier alpha value is -3.41. The lowest BCUT2D eigenvalue weighted by molar-refractivity contribution is -0.274. The van der Waals surface area contributed by atoms with Gasteiger partial charge in [0.1, 0.15) is 17.4 Å². The highest BCUT2D eigenvalue weighted by molar-refractivity contribution is 5.89. The molecule has 6 heteroatoms. The molecule has 0 spiro atoms. The Balaban J connectivity index is 1.64. The highest BCUT2D eigenvalue weighted by Gasteiger charge is 2.31. The first-order valence-electron chi connectivity index (χ1n) is 10.6. The van der Waals surface area contributed by atoms with Crippen molar-refractivity contribution in [1.82, 2.24) is 0 Å². The van der Waals surface area contributed by atoms with E-state index in [-0.39, 0.29) is 11.3 Å². The fourth-order valence-electron chi connectivity index (χ4n) is 3.84. The van der Waals surface area contributed by atoms with Crippen LogP contribution < -0.4 is 4.74 Å². The van der Waals surface area contributed by atoms with Crippen LogP contribution in [0.1, 0.15) is 25.3 Å². The van der Waals surface area contributed by atoms with Crippen molar-refractivity contribution in [3.8, 4) is 28.0 Å². The summed E-state index contributed by atoms with van der Waals surface area (Å²) >= 11 is 0. The predicted octanol–water partition coefficient (Wildman–Crippen LogP) is 8.69. The summed E-state index contributed by atoms with van der Waals surface area (Å²) < 4.78 is 71.2. The zero-order valence-electron chi connectivity index (χ0n) is 17.8. The van der Waals surface area contributed by atoms with Gasteiger partial charge < -0.3 is 4.74 Å². The first-order chi connectivity index (χ1) is 15.7. The average molecular weight is 456 g/mol. The maximum Gasteiger partial charge on any atom is 0.573 e. The van der Waals surface area contributed by atoms with Crippen LogP contribution in [0.5, 0.6) is 5.75 Å². The number of rotatable bonds is 6. The molecule has 0 amide bonds. The van der Waals surface area contributed by atoms with Gasteiger partial charge in [-0.15, -0.1) is 13.2 Å². The second-order valence-electron chi connectivity index (χ2n) is 7.89.